The average Bonchev–Trinajstić information content (AvgIpc) is 3.02. The van der Waals surface area contributed by atoms with E-state index < -0.39 is 0 Å². The van der Waals surface area contributed by atoms with Crippen LogP contribution in [0.2, 0.25) is 0 Å². The normalized spacial score (nSPS) is 18.7. The Bertz CT molecular complexity index is 830. The maximum absolute atomic E-state index is 6.16. The molecule has 0 N–H and O–H groups in total. The molecule has 1 aliphatic heterocycles. The third-order valence-corrected chi connectivity index (χ3v) is 5.31. The number of rotatable bonds is 5. The molecule has 1 saturated heterocycles. The zero-order valence-electron chi connectivity index (χ0n) is 14.3. The second-order valence-electron chi connectivity index (χ2n) is 6.72. The van der Waals surface area contributed by atoms with Crippen molar-refractivity contribution in [1.82, 2.24) is 19.4 Å². The van der Waals surface area contributed by atoms with Gasteiger partial charge in [0.2, 0.25) is 0 Å². The van der Waals surface area contributed by atoms with Crippen LogP contribution in [0.5, 0.6) is 0 Å². The van der Waals surface area contributed by atoms with Crippen molar-refractivity contribution in [2.75, 3.05) is 6.54 Å². The van der Waals surface area contributed by atoms with Gasteiger partial charge < -0.3 is 4.57 Å². The third kappa shape index (κ3) is 3.55. The van der Waals surface area contributed by atoms with Crippen molar-refractivity contribution in [3.8, 4) is 0 Å². The molecule has 0 radical (unpaired) electrons. The minimum absolute atomic E-state index is 0.418. The number of halogens is 1. The van der Waals surface area contributed by atoms with Crippen LogP contribution in [0, 0.1) is 0 Å². The molecule has 0 bridgehead atoms. The minimum Gasteiger partial charge on any atom is -0.310 e. The number of hydrogen-bond acceptors (Lipinski definition) is 3. The molecule has 4 rings (SSSR count). The number of imidazole rings is 1. The van der Waals surface area contributed by atoms with Crippen molar-refractivity contribution in [3.63, 3.8) is 0 Å². The van der Waals surface area contributed by atoms with E-state index in [0.29, 0.717) is 11.9 Å². The van der Waals surface area contributed by atoms with Gasteiger partial charge in [0, 0.05) is 25.3 Å². The van der Waals surface area contributed by atoms with Crippen molar-refractivity contribution in [2.24, 2.45) is 0 Å². The van der Waals surface area contributed by atoms with Crippen LogP contribution in [0.1, 0.15) is 30.7 Å². The van der Waals surface area contributed by atoms with Crippen molar-refractivity contribution < 1.29 is 0 Å². The number of alkyl halides is 1. The highest BCUT2D eigenvalue weighted by molar-refractivity contribution is 6.16. The number of fused-ring (bicyclic) bond motifs is 1. The Morgan fingerprint density at radius 3 is 2.80 bits per heavy atom. The monoisotopic (exact) mass is 354 g/mol. The lowest BCUT2D eigenvalue weighted by Gasteiger charge is -2.36. The molecule has 0 aliphatic carbocycles. The summed E-state index contributed by atoms with van der Waals surface area (Å²) in [5, 5.41) is 0. The molecule has 1 fully saturated rings. The predicted octanol–water partition coefficient (Wildman–Crippen LogP) is 4.22. The summed E-state index contributed by atoms with van der Waals surface area (Å²) in [5.74, 6) is 1.34. The van der Waals surface area contributed by atoms with Crippen molar-refractivity contribution in [2.45, 2.75) is 44.3 Å². The van der Waals surface area contributed by atoms with E-state index in [4.69, 9.17) is 11.6 Å². The van der Waals surface area contributed by atoms with Crippen molar-refractivity contribution >= 4 is 22.8 Å². The quantitative estimate of drug-likeness (QED) is 0.643. The van der Waals surface area contributed by atoms with Crippen LogP contribution in [-0.4, -0.2) is 32.0 Å². The molecule has 0 saturated carbocycles. The molecular formula is C20H23ClN4. The SMILES string of the molecule is ClCc1nc2cccnc2n1CC1CCCCN1Cc1ccccc1. The molecule has 5 heteroatoms. The Morgan fingerprint density at radius 2 is 1.96 bits per heavy atom. The van der Waals surface area contributed by atoms with Crippen LogP contribution >= 0.6 is 11.6 Å². The predicted molar refractivity (Wildman–Crippen MR) is 102 cm³/mol. The number of hydrogen-bond donors (Lipinski definition) is 0. The highest BCUT2D eigenvalue weighted by Gasteiger charge is 2.24. The fraction of sp³-hybridized carbons (Fsp3) is 0.400. The average molecular weight is 355 g/mol. The second kappa shape index (κ2) is 7.54. The van der Waals surface area contributed by atoms with Gasteiger partial charge in [-0.15, -0.1) is 11.6 Å². The molecule has 25 heavy (non-hydrogen) atoms. The van der Waals surface area contributed by atoms with Gasteiger partial charge in [-0.3, -0.25) is 4.90 Å². The first-order valence-corrected chi connectivity index (χ1v) is 9.52. The van der Waals surface area contributed by atoms with Gasteiger partial charge in [-0.2, -0.15) is 0 Å². The van der Waals surface area contributed by atoms with Crippen molar-refractivity contribution in [1.29, 1.82) is 0 Å². The first-order chi connectivity index (χ1) is 12.3. The highest BCUT2D eigenvalue weighted by Crippen LogP contribution is 2.24. The van der Waals surface area contributed by atoms with Crippen LogP contribution in [0.15, 0.2) is 48.7 Å². The van der Waals surface area contributed by atoms with Gasteiger partial charge in [0.15, 0.2) is 5.65 Å². The maximum atomic E-state index is 6.16. The highest BCUT2D eigenvalue weighted by atomic mass is 35.5. The van der Waals surface area contributed by atoms with E-state index in [0.717, 1.165) is 36.6 Å². The molecule has 3 aromatic rings. The first kappa shape index (κ1) is 16.6. The summed E-state index contributed by atoms with van der Waals surface area (Å²) in [6, 6.07) is 15.2. The molecule has 0 amide bonds. The van der Waals surface area contributed by atoms with Crippen LogP contribution < -0.4 is 0 Å². The topological polar surface area (TPSA) is 34.0 Å². The molecule has 1 aliphatic rings. The summed E-state index contributed by atoms with van der Waals surface area (Å²) in [7, 11) is 0. The standard InChI is InChI=1S/C20H23ClN4/c21-13-19-23-18-10-6-11-22-20(18)25(19)15-17-9-4-5-12-24(17)14-16-7-2-1-3-8-16/h1-3,6-8,10-11,17H,4-5,9,12-15H2. The Hall–Kier alpha value is -1.91. The van der Waals surface area contributed by atoms with Gasteiger partial charge in [0.1, 0.15) is 11.3 Å². The lowest BCUT2D eigenvalue weighted by atomic mass is 10.0. The number of benzene rings is 1. The lowest BCUT2D eigenvalue weighted by Crippen LogP contribution is -2.41. The largest absolute Gasteiger partial charge is 0.310 e. The van der Waals surface area contributed by atoms with Crippen LogP contribution in [0.3, 0.4) is 0 Å². The molecule has 3 heterocycles. The number of piperidine rings is 1. The Kier molecular flexibility index (Phi) is 4.99. The summed E-state index contributed by atoms with van der Waals surface area (Å²) >= 11 is 6.16. The Labute approximate surface area is 153 Å². The molecule has 1 atom stereocenters. The summed E-state index contributed by atoms with van der Waals surface area (Å²) in [4.78, 5) is 11.8. The smallest absolute Gasteiger partial charge is 0.160 e. The molecule has 1 aromatic carbocycles. The summed E-state index contributed by atoms with van der Waals surface area (Å²) in [5.41, 5.74) is 3.26. The van der Waals surface area contributed by atoms with E-state index in [1.54, 1.807) is 0 Å². The molecule has 1 unspecified atom stereocenters. The number of nitrogens with zero attached hydrogens (tertiary/aromatic N) is 4. The fourth-order valence-corrected chi connectivity index (χ4v) is 4.01. The summed E-state index contributed by atoms with van der Waals surface area (Å²) < 4.78 is 2.22. The molecule has 130 valence electrons. The van der Waals surface area contributed by atoms with Crippen LogP contribution in [-0.2, 0) is 19.0 Å². The van der Waals surface area contributed by atoms with Gasteiger partial charge in [-0.25, -0.2) is 9.97 Å². The van der Waals surface area contributed by atoms with E-state index >= 15 is 0 Å². The Balaban J connectivity index is 1.59. The number of pyridine rings is 1. The number of likely N-dealkylation sites (tertiary alicyclic amines) is 1. The Morgan fingerprint density at radius 1 is 1.08 bits per heavy atom. The minimum atomic E-state index is 0.418. The molecular weight excluding hydrogens is 332 g/mol. The second-order valence-corrected chi connectivity index (χ2v) is 6.99. The van der Waals surface area contributed by atoms with E-state index in [1.807, 2.05) is 18.3 Å². The van der Waals surface area contributed by atoms with E-state index in [2.05, 4.69) is 49.8 Å². The van der Waals surface area contributed by atoms with E-state index in [1.165, 1.54) is 24.8 Å². The summed E-state index contributed by atoms with van der Waals surface area (Å²) in [6.07, 6.45) is 5.60. The van der Waals surface area contributed by atoms with E-state index in [-0.39, 0.29) is 0 Å². The van der Waals surface area contributed by atoms with Gasteiger partial charge in [-0.1, -0.05) is 36.8 Å². The molecule has 2 aromatic heterocycles. The van der Waals surface area contributed by atoms with Gasteiger partial charge in [-0.05, 0) is 37.1 Å². The number of aromatic nitrogens is 3. The zero-order valence-corrected chi connectivity index (χ0v) is 15.1. The van der Waals surface area contributed by atoms with Gasteiger partial charge in [0.25, 0.3) is 0 Å². The maximum Gasteiger partial charge on any atom is 0.160 e. The zero-order chi connectivity index (χ0) is 17.1. The first-order valence-electron chi connectivity index (χ1n) is 8.99. The van der Waals surface area contributed by atoms with Gasteiger partial charge in [0.05, 0.1) is 5.88 Å². The van der Waals surface area contributed by atoms with Crippen molar-refractivity contribution in [3.05, 3.63) is 60.0 Å². The van der Waals surface area contributed by atoms with E-state index in [9.17, 15) is 0 Å². The fourth-order valence-electron chi connectivity index (χ4n) is 3.80. The summed E-state index contributed by atoms with van der Waals surface area (Å²) in [6.45, 7) is 3.06. The lowest BCUT2D eigenvalue weighted by molar-refractivity contribution is 0.125. The third-order valence-electron chi connectivity index (χ3n) is 5.07. The van der Waals surface area contributed by atoms with Gasteiger partial charge >= 0.3 is 0 Å². The van der Waals surface area contributed by atoms with Crippen LogP contribution in [0.4, 0.5) is 0 Å². The van der Waals surface area contributed by atoms with Crippen LogP contribution in [0.25, 0.3) is 11.2 Å². The molecule has 0 spiro atoms. The molecule has 4 nitrogen and oxygen atoms in total.